The van der Waals surface area contributed by atoms with Crippen molar-refractivity contribution in [1.29, 1.82) is 0 Å². The lowest BCUT2D eigenvalue weighted by Gasteiger charge is -2.57. The van der Waals surface area contributed by atoms with Crippen LogP contribution in [0.4, 0.5) is 4.39 Å². The van der Waals surface area contributed by atoms with Crippen molar-refractivity contribution in [3.8, 4) is 0 Å². The molecule has 1 spiro atoms. The molecule has 0 N–H and O–H groups in total. The average Bonchev–Trinajstić information content (AvgIpc) is 3.21. The molecule has 0 aliphatic carbocycles. The average molecular weight is 394 g/mol. The second kappa shape index (κ2) is 7.40. The summed E-state index contributed by atoms with van der Waals surface area (Å²) in [5.41, 5.74) is -0.114. The Labute approximate surface area is 164 Å². The molecule has 3 saturated heterocycles. The molecule has 27 heavy (non-hydrogen) atoms. The Morgan fingerprint density at radius 3 is 2.48 bits per heavy atom. The van der Waals surface area contributed by atoms with Gasteiger partial charge in [0, 0.05) is 43.3 Å². The number of likely N-dealkylation sites (tertiary alicyclic amines) is 3. The monoisotopic (exact) mass is 393 g/mol. The van der Waals surface area contributed by atoms with Crippen LogP contribution in [-0.4, -0.2) is 71.3 Å². The molecule has 1 atom stereocenters. The number of carbonyl (C=O) groups excluding carboxylic acids is 2. The predicted octanol–water partition coefficient (Wildman–Crippen LogP) is 2.78. The minimum absolute atomic E-state index is 0.0265. The molecule has 3 heterocycles. The van der Waals surface area contributed by atoms with Gasteiger partial charge in [-0.05, 0) is 50.3 Å². The van der Waals surface area contributed by atoms with Gasteiger partial charge in [0.1, 0.15) is 5.82 Å². The van der Waals surface area contributed by atoms with Crippen LogP contribution in [0.15, 0.2) is 18.2 Å². The first-order valence-electron chi connectivity index (χ1n) is 9.76. The third-order valence-corrected chi connectivity index (χ3v) is 6.54. The second-order valence-corrected chi connectivity index (χ2v) is 8.37. The summed E-state index contributed by atoms with van der Waals surface area (Å²) in [4.78, 5) is 31.3. The molecule has 2 amide bonds. The van der Waals surface area contributed by atoms with Crippen molar-refractivity contribution < 1.29 is 14.0 Å². The third kappa shape index (κ3) is 3.57. The van der Waals surface area contributed by atoms with E-state index in [2.05, 4.69) is 4.90 Å². The van der Waals surface area contributed by atoms with Gasteiger partial charge in [-0.3, -0.25) is 14.5 Å². The number of piperidine rings is 1. The van der Waals surface area contributed by atoms with E-state index in [0.717, 1.165) is 51.7 Å². The van der Waals surface area contributed by atoms with Gasteiger partial charge in [0.2, 0.25) is 5.91 Å². The van der Waals surface area contributed by atoms with Gasteiger partial charge in [0.15, 0.2) is 0 Å². The largest absolute Gasteiger partial charge is 0.342 e. The number of halogens is 2. The normalized spacial score (nSPS) is 25.7. The second-order valence-electron chi connectivity index (χ2n) is 7.94. The minimum Gasteiger partial charge on any atom is -0.342 e. The molecular weight excluding hydrogens is 369 g/mol. The van der Waals surface area contributed by atoms with E-state index >= 15 is 0 Å². The molecule has 1 aromatic carbocycles. The quantitative estimate of drug-likeness (QED) is 0.793. The highest BCUT2D eigenvalue weighted by atomic mass is 35.5. The highest BCUT2D eigenvalue weighted by molar-refractivity contribution is 6.31. The molecular formula is C20H25ClFN3O2. The van der Waals surface area contributed by atoms with Crippen LogP contribution in [0.1, 0.15) is 42.5 Å². The zero-order valence-electron chi connectivity index (χ0n) is 15.4. The molecule has 4 rings (SSSR count). The number of rotatable bonds is 3. The van der Waals surface area contributed by atoms with Crippen LogP contribution < -0.4 is 0 Å². The van der Waals surface area contributed by atoms with E-state index in [9.17, 15) is 14.0 Å². The molecule has 146 valence electrons. The topological polar surface area (TPSA) is 43.9 Å². The van der Waals surface area contributed by atoms with Crippen LogP contribution in [0.5, 0.6) is 0 Å². The van der Waals surface area contributed by atoms with Crippen molar-refractivity contribution in [2.45, 2.75) is 37.6 Å². The molecule has 0 aromatic heterocycles. The van der Waals surface area contributed by atoms with Crippen LogP contribution >= 0.6 is 11.6 Å². The third-order valence-electron chi connectivity index (χ3n) is 6.30. The lowest BCUT2D eigenvalue weighted by Crippen LogP contribution is -2.68. The molecule has 3 fully saturated rings. The van der Waals surface area contributed by atoms with Crippen molar-refractivity contribution in [2.24, 2.45) is 0 Å². The van der Waals surface area contributed by atoms with Gasteiger partial charge < -0.3 is 9.80 Å². The van der Waals surface area contributed by atoms with Crippen LogP contribution in [0.25, 0.3) is 0 Å². The number of hydrogen-bond donors (Lipinski definition) is 0. The lowest BCUT2D eigenvalue weighted by atomic mass is 9.77. The zero-order chi connectivity index (χ0) is 19.0. The van der Waals surface area contributed by atoms with Crippen LogP contribution in [0.2, 0.25) is 5.02 Å². The van der Waals surface area contributed by atoms with Crippen molar-refractivity contribution in [2.75, 3.05) is 39.3 Å². The van der Waals surface area contributed by atoms with E-state index in [1.54, 1.807) is 4.90 Å². The van der Waals surface area contributed by atoms with Gasteiger partial charge in [0.25, 0.3) is 5.91 Å². The minimum atomic E-state index is -0.543. The maximum atomic E-state index is 14.1. The molecule has 0 unspecified atom stereocenters. The van der Waals surface area contributed by atoms with Gasteiger partial charge >= 0.3 is 0 Å². The summed E-state index contributed by atoms with van der Waals surface area (Å²) in [7, 11) is 0. The molecule has 3 aliphatic heterocycles. The predicted molar refractivity (Wildman–Crippen MR) is 101 cm³/mol. The Bertz CT molecular complexity index is 753. The lowest BCUT2D eigenvalue weighted by molar-refractivity contribution is -0.138. The SMILES string of the molecule is O=C(CN1CC[C@@]12CCCN(C(=O)c1cc(Cl)ccc1F)C2)N1CCCC1. The van der Waals surface area contributed by atoms with Crippen LogP contribution in [0.3, 0.4) is 0 Å². The first-order chi connectivity index (χ1) is 13.0. The molecule has 7 heteroatoms. The Kier molecular flexibility index (Phi) is 5.12. The van der Waals surface area contributed by atoms with E-state index in [1.807, 2.05) is 4.90 Å². The van der Waals surface area contributed by atoms with Crippen LogP contribution in [0, 0.1) is 5.82 Å². The fourth-order valence-electron chi connectivity index (χ4n) is 4.64. The summed E-state index contributed by atoms with van der Waals surface area (Å²) in [5, 5.41) is 0.355. The molecule has 0 radical (unpaired) electrons. The molecule has 1 aromatic rings. The standard InChI is InChI=1S/C20H25ClFN3O2/c21-15-4-5-17(22)16(12-15)19(27)24-10-3-6-20(14-24)7-11-25(20)13-18(26)23-8-1-2-9-23/h4-5,12H,1-3,6-11,13-14H2/t20-/m1/s1. The Balaban J connectivity index is 1.45. The highest BCUT2D eigenvalue weighted by Gasteiger charge is 2.49. The van der Waals surface area contributed by atoms with Gasteiger partial charge in [-0.2, -0.15) is 0 Å². The number of benzene rings is 1. The fourth-order valence-corrected chi connectivity index (χ4v) is 4.81. The summed E-state index contributed by atoms with van der Waals surface area (Å²) >= 11 is 5.95. The number of hydrogen-bond acceptors (Lipinski definition) is 3. The van der Waals surface area contributed by atoms with Crippen LogP contribution in [-0.2, 0) is 4.79 Å². The van der Waals surface area contributed by atoms with Crippen molar-refractivity contribution in [3.63, 3.8) is 0 Å². The zero-order valence-corrected chi connectivity index (χ0v) is 16.2. The molecule has 3 aliphatic rings. The number of amides is 2. The van der Waals surface area contributed by atoms with Gasteiger partial charge in [-0.1, -0.05) is 11.6 Å². The van der Waals surface area contributed by atoms with E-state index in [0.29, 0.717) is 24.7 Å². The van der Waals surface area contributed by atoms with Crippen molar-refractivity contribution >= 4 is 23.4 Å². The van der Waals surface area contributed by atoms with E-state index in [-0.39, 0.29) is 22.9 Å². The summed E-state index contributed by atoms with van der Waals surface area (Å²) in [6.07, 6.45) is 4.99. The van der Waals surface area contributed by atoms with E-state index in [4.69, 9.17) is 11.6 Å². The van der Waals surface area contributed by atoms with Crippen molar-refractivity contribution in [1.82, 2.24) is 14.7 Å². The van der Waals surface area contributed by atoms with E-state index in [1.165, 1.54) is 18.2 Å². The molecule has 0 bridgehead atoms. The smallest absolute Gasteiger partial charge is 0.256 e. The molecule has 0 saturated carbocycles. The summed E-state index contributed by atoms with van der Waals surface area (Å²) < 4.78 is 14.1. The molecule has 5 nitrogen and oxygen atoms in total. The number of carbonyl (C=O) groups is 2. The van der Waals surface area contributed by atoms with Gasteiger partial charge in [-0.15, -0.1) is 0 Å². The van der Waals surface area contributed by atoms with Gasteiger partial charge in [0.05, 0.1) is 12.1 Å². The Hall–Kier alpha value is -1.66. The Morgan fingerprint density at radius 2 is 1.78 bits per heavy atom. The Morgan fingerprint density at radius 1 is 1.04 bits per heavy atom. The maximum absolute atomic E-state index is 14.1. The first-order valence-corrected chi connectivity index (χ1v) is 10.1. The fraction of sp³-hybridized carbons (Fsp3) is 0.600. The van der Waals surface area contributed by atoms with Crippen molar-refractivity contribution in [3.05, 3.63) is 34.6 Å². The summed E-state index contributed by atoms with van der Waals surface area (Å²) in [5.74, 6) is -0.665. The summed E-state index contributed by atoms with van der Waals surface area (Å²) in [6, 6.07) is 4.08. The van der Waals surface area contributed by atoms with Gasteiger partial charge in [-0.25, -0.2) is 4.39 Å². The number of nitrogens with zero attached hydrogens (tertiary/aromatic N) is 3. The van der Waals surface area contributed by atoms with E-state index < -0.39 is 5.82 Å². The highest BCUT2D eigenvalue weighted by Crippen LogP contribution is 2.39. The first kappa shape index (κ1) is 18.7. The summed E-state index contributed by atoms with van der Waals surface area (Å²) in [6.45, 7) is 4.18. The maximum Gasteiger partial charge on any atom is 0.256 e.